The zero-order valence-corrected chi connectivity index (χ0v) is 27.2. The van der Waals surface area contributed by atoms with E-state index in [0.29, 0.717) is 37.4 Å². The third-order valence-electron chi connectivity index (χ3n) is 8.33. The van der Waals surface area contributed by atoms with Crippen molar-refractivity contribution in [3.63, 3.8) is 0 Å². The largest absolute Gasteiger partial charge is 0.300 e. The second-order valence-corrected chi connectivity index (χ2v) is 12.4. The van der Waals surface area contributed by atoms with Crippen molar-refractivity contribution in [3.8, 4) is 0 Å². The van der Waals surface area contributed by atoms with Crippen LogP contribution < -0.4 is 0 Å². The number of hydrogen-bond donors (Lipinski definition) is 0. The van der Waals surface area contributed by atoms with Gasteiger partial charge in [-0.15, -0.1) is 0 Å². The third-order valence-corrected chi connectivity index (χ3v) is 8.33. The summed E-state index contributed by atoms with van der Waals surface area (Å²) in [6.07, 6.45) is 10.0. The molecule has 0 spiro atoms. The number of ketones is 4. The van der Waals surface area contributed by atoms with Crippen LogP contribution in [0.25, 0.3) is 0 Å². The van der Waals surface area contributed by atoms with Crippen molar-refractivity contribution in [2.75, 3.05) is 0 Å². The molecule has 40 heavy (non-hydrogen) atoms. The Morgan fingerprint density at radius 3 is 2.15 bits per heavy atom. The molecular formula is C36H58O4. The van der Waals surface area contributed by atoms with Gasteiger partial charge in [0.05, 0.1) is 6.42 Å². The maximum absolute atomic E-state index is 13.6. The lowest BCUT2D eigenvalue weighted by Gasteiger charge is -2.33. The first-order chi connectivity index (χ1) is 18.9. The van der Waals surface area contributed by atoms with Crippen molar-refractivity contribution in [2.45, 2.75) is 152 Å². The number of unbranched alkanes of at least 4 members (excludes halogenated alkanes) is 1. The predicted octanol–water partition coefficient (Wildman–Crippen LogP) is 9.35. The summed E-state index contributed by atoms with van der Waals surface area (Å²) in [6.45, 7) is 18.4. The van der Waals surface area contributed by atoms with E-state index in [1.165, 1.54) is 24.5 Å². The van der Waals surface area contributed by atoms with Gasteiger partial charge < -0.3 is 0 Å². The molecule has 0 saturated heterocycles. The first-order valence-electron chi connectivity index (χ1n) is 16.2. The summed E-state index contributed by atoms with van der Waals surface area (Å²) in [5.74, 6) is 1.12. The summed E-state index contributed by atoms with van der Waals surface area (Å²) in [6, 6.07) is 2.26. The minimum Gasteiger partial charge on any atom is -0.300 e. The maximum Gasteiger partial charge on any atom is 0.163 e. The summed E-state index contributed by atoms with van der Waals surface area (Å²) in [7, 11) is 0. The van der Waals surface area contributed by atoms with Crippen LogP contribution in [0.5, 0.6) is 0 Å². The number of fused-ring (bicyclic) bond motifs is 1. The zero-order valence-electron chi connectivity index (χ0n) is 27.2. The number of hydrogen-bond acceptors (Lipinski definition) is 4. The van der Waals surface area contributed by atoms with Crippen molar-refractivity contribution >= 4 is 23.1 Å². The highest BCUT2D eigenvalue weighted by Gasteiger charge is 2.34. The van der Waals surface area contributed by atoms with E-state index in [4.69, 9.17) is 0 Å². The average Bonchev–Trinajstić information content (AvgIpc) is 2.87. The van der Waals surface area contributed by atoms with E-state index in [0.717, 1.165) is 61.6 Å². The Kier molecular flexibility index (Phi) is 16.5. The number of aryl methyl sites for hydroxylation is 1. The van der Waals surface area contributed by atoms with Crippen molar-refractivity contribution in [3.05, 3.63) is 33.9 Å². The molecule has 0 aromatic heterocycles. The van der Waals surface area contributed by atoms with Crippen molar-refractivity contribution in [2.24, 2.45) is 17.8 Å². The molecule has 0 heterocycles. The molecule has 1 aliphatic carbocycles. The minimum absolute atomic E-state index is 0.0194. The fraction of sp³-hybridized carbons (Fsp3) is 0.722. The van der Waals surface area contributed by atoms with E-state index in [-0.39, 0.29) is 41.5 Å². The molecule has 0 N–H and O–H groups in total. The van der Waals surface area contributed by atoms with Gasteiger partial charge in [0, 0.05) is 30.7 Å². The first-order valence-corrected chi connectivity index (χ1v) is 16.2. The molecule has 4 nitrogen and oxygen atoms in total. The molecule has 1 aliphatic rings. The van der Waals surface area contributed by atoms with E-state index < -0.39 is 0 Å². The molecule has 1 aromatic rings. The molecule has 0 amide bonds. The normalized spacial score (nSPS) is 16.1. The van der Waals surface area contributed by atoms with E-state index in [1.807, 2.05) is 6.92 Å². The zero-order chi connectivity index (χ0) is 30.4. The fourth-order valence-corrected chi connectivity index (χ4v) is 6.43. The third kappa shape index (κ3) is 10.7. The molecule has 0 radical (unpaired) electrons. The fourth-order valence-electron chi connectivity index (χ4n) is 6.43. The van der Waals surface area contributed by atoms with Crippen molar-refractivity contribution in [1.82, 2.24) is 0 Å². The van der Waals surface area contributed by atoms with Gasteiger partial charge in [0.15, 0.2) is 5.78 Å². The molecule has 4 heteroatoms. The van der Waals surface area contributed by atoms with Crippen LogP contribution in [0.4, 0.5) is 0 Å². The van der Waals surface area contributed by atoms with Crippen LogP contribution in [0.15, 0.2) is 6.07 Å². The predicted molar refractivity (Wildman–Crippen MR) is 167 cm³/mol. The smallest absolute Gasteiger partial charge is 0.163 e. The molecule has 0 bridgehead atoms. The number of benzene rings is 1. The van der Waals surface area contributed by atoms with E-state index >= 15 is 0 Å². The van der Waals surface area contributed by atoms with Crippen LogP contribution in [-0.4, -0.2) is 23.1 Å². The van der Waals surface area contributed by atoms with Gasteiger partial charge in [0.2, 0.25) is 0 Å². The van der Waals surface area contributed by atoms with Gasteiger partial charge in [0.25, 0.3) is 0 Å². The van der Waals surface area contributed by atoms with Crippen LogP contribution in [-0.2, 0) is 27.2 Å². The van der Waals surface area contributed by atoms with Gasteiger partial charge >= 0.3 is 0 Å². The van der Waals surface area contributed by atoms with Gasteiger partial charge in [-0.25, -0.2) is 0 Å². The lowest BCUT2D eigenvalue weighted by atomic mass is 9.70. The Morgan fingerprint density at radius 2 is 1.62 bits per heavy atom. The first kappa shape index (κ1) is 35.9. The minimum atomic E-state index is -0.112. The number of carbonyl (C=O) groups excluding carboxylic acids is 4. The maximum atomic E-state index is 13.6. The van der Waals surface area contributed by atoms with Crippen molar-refractivity contribution < 1.29 is 19.2 Å². The topological polar surface area (TPSA) is 68.3 Å². The average molecular weight is 555 g/mol. The molecule has 2 rings (SSSR count). The van der Waals surface area contributed by atoms with Crippen LogP contribution in [0.3, 0.4) is 0 Å². The Balaban J connectivity index is 0.00000254. The van der Waals surface area contributed by atoms with Gasteiger partial charge in [0.1, 0.15) is 17.3 Å². The lowest BCUT2D eigenvalue weighted by molar-refractivity contribution is -0.130. The van der Waals surface area contributed by atoms with Gasteiger partial charge in [-0.05, 0) is 86.0 Å². The van der Waals surface area contributed by atoms with E-state index in [1.54, 1.807) is 0 Å². The molecular weight excluding hydrogens is 496 g/mol. The second-order valence-electron chi connectivity index (χ2n) is 12.4. The molecule has 0 fully saturated rings. The highest BCUT2D eigenvalue weighted by Crippen LogP contribution is 2.40. The summed E-state index contributed by atoms with van der Waals surface area (Å²) < 4.78 is 0. The Labute approximate surface area is 245 Å². The summed E-state index contributed by atoms with van der Waals surface area (Å²) >= 11 is 0. The van der Waals surface area contributed by atoms with Gasteiger partial charge in [-0.3, -0.25) is 19.2 Å². The number of rotatable bonds is 16. The second kappa shape index (κ2) is 18.4. The van der Waals surface area contributed by atoms with Crippen molar-refractivity contribution in [1.29, 1.82) is 0 Å². The molecule has 3 atom stereocenters. The Bertz CT molecular complexity index is 987. The SMILES string of the molecule is CCC.CCCCC(=O)CCc1cc(C(C)C)c2c(c1C)C(=O)CC(CC(CCC)C(CC)C(=O)CC(C)=O)C2. The lowest BCUT2D eigenvalue weighted by Crippen LogP contribution is -2.30. The van der Waals surface area contributed by atoms with Gasteiger partial charge in [-0.1, -0.05) is 80.2 Å². The molecule has 226 valence electrons. The summed E-state index contributed by atoms with van der Waals surface area (Å²) in [4.78, 5) is 50.5. The quantitative estimate of drug-likeness (QED) is 0.191. The summed E-state index contributed by atoms with van der Waals surface area (Å²) in [5, 5.41) is 0. The summed E-state index contributed by atoms with van der Waals surface area (Å²) in [5.41, 5.74) is 5.52. The standard InChI is InChI=1S/C33H50O4.C3H8/c1-8-11-13-27(35)15-14-25-20-29(21(4)5)30-18-24(19-32(37)33(30)23(25)7)17-26(12-9-2)28(10-3)31(36)16-22(6)34;1-3-2/h20-21,24,26,28H,8-19H2,1-7H3;3H2,1-2H3. The Hall–Kier alpha value is -2.10. The molecule has 1 aromatic carbocycles. The Morgan fingerprint density at radius 1 is 0.975 bits per heavy atom. The molecule has 0 saturated carbocycles. The van der Waals surface area contributed by atoms with Crippen LogP contribution >= 0.6 is 0 Å². The number of Topliss-reactive ketones (excluding diaryl/α,β-unsaturated/α-hetero) is 4. The number of carbonyl (C=O) groups is 4. The monoisotopic (exact) mass is 554 g/mol. The van der Waals surface area contributed by atoms with Crippen LogP contribution in [0.1, 0.15) is 165 Å². The van der Waals surface area contributed by atoms with E-state index in [9.17, 15) is 19.2 Å². The van der Waals surface area contributed by atoms with Gasteiger partial charge in [-0.2, -0.15) is 0 Å². The van der Waals surface area contributed by atoms with E-state index in [2.05, 4.69) is 54.5 Å². The van der Waals surface area contributed by atoms with Crippen LogP contribution in [0, 0.1) is 24.7 Å². The highest BCUT2D eigenvalue weighted by atomic mass is 16.1. The van der Waals surface area contributed by atoms with Crippen LogP contribution in [0.2, 0.25) is 0 Å². The molecule has 3 unspecified atom stereocenters. The highest BCUT2D eigenvalue weighted by molar-refractivity contribution is 6.01. The molecule has 0 aliphatic heterocycles.